The van der Waals surface area contributed by atoms with E-state index in [0.29, 0.717) is 0 Å². The topological polar surface area (TPSA) is 86.7 Å². The maximum absolute atomic E-state index is 13.7. The molecule has 0 heterocycles. The molecule has 0 radical (unpaired) electrons. The zero-order valence-electron chi connectivity index (χ0n) is 22.7. The third-order valence-corrected chi connectivity index (χ3v) is 8.15. The van der Waals surface area contributed by atoms with Crippen LogP contribution in [0.1, 0.15) is 12.8 Å². The third-order valence-electron chi connectivity index (χ3n) is 5.66. The lowest BCUT2D eigenvalue weighted by atomic mass is 9.95. The standard InChI is InChI=1S/C18H14F24O6S2/c19-7(20)11(27,28)15(35,36)17(39,40)13(31,32)9(23,24)5-49(43,44)47-3-1-2-4-48-50(45,46)6-10(25,26)14(33,34)18(41,42)16(37,38)12(29,30)8(21)22/h7-8H,1-6H2. The van der Waals surface area contributed by atoms with Crippen LogP contribution in [0, 0.1) is 0 Å². The van der Waals surface area contributed by atoms with Crippen LogP contribution in [0.3, 0.4) is 0 Å². The largest absolute Gasteiger partial charge is 0.384 e. The van der Waals surface area contributed by atoms with Gasteiger partial charge >= 0.3 is 72.1 Å². The highest BCUT2D eigenvalue weighted by atomic mass is 32.2. The van der Waals surface area contributed by atoms with Crippen LogP contribution >= 0.6 is 0 Å². The molecule has 0 N–H and O–H groups in total. The van der Waals surface area contributed by atoms with Gasteiger partial charge in [0.1, 0.15) is 11.5 Å². The summed E-state index contributed by atoms with van der Waals surface area (Å²) in [6.45, 7) is -3.45. The van der Waals surface area contributed by atoms with Crippen LogP contribution in [0.5, 0.6) is 0 Å². The van der Waals surface area contributed by atoms with Crippen molar-refractivity contribution in [2.75, 3.05) is 24.7 Å². The Bertz CT molecular complexity index is 1270. The summed E-state index contributed by atoms with van der Waals surface area (Å²) < 4.78 is 368. The molecule has 0 saturated carbocycles. The van der Waals surface area contributed by atoms with Crippen molar-refractivity contribution in [1.82, 2.24) is 0 Å². The minimum atomic E-state index is -8.11. The molecule has 0 aromatic heterocycles. The van der Waals surface area contributed by atoms with E-state index in [-0.39, 0.29) is 0 Å². The molecule has 0 aliphatic carbocycles. The van der Waals surface area contributed by atoms with Gasteiger partial charge in [-0.25, -0.2) is 17.6 Å². The Morgan fingerprint density at radius 3 is 0.800 bits per heavy atom. The van der Waals surface area contributed by atoms with Crippen molar-refractivity contribution in [3.63, 3.8) is 0 Å². The zero-order chi connectivity index (χ0) is 40.8. The van der Waals surface area contributed by atoms with Crippen molar-refractivity contribution >= 4 is 20.2 Å². The molecule has 0 aliphatic rings. The Kier molecular flexibility index (Phi) is 13.6. The van der Waals surface area contributed by atoms with E-state index in [2.05, 4.69) is 8.37 Å². The van der Waals surface area contributed by atoms with Gasteiger partial charge in [-0.3, -0.25) is 8.37 Å². The molecule has 0 atom stereocenters. The average molecular weight is 846 g/mol. The Balaban J connectivity index is 5.54. The van der Waals surface area contributed by atoms with Crippen LogP contribution in [0.4, 0.5) is 105 Å². The molecular weight excluding hydrogens is 832 g/mol. The van der Waals surface area contributed by atoms with Crippen molar-refractivity contribution in [1.29, 1.82) is 0 Å². The first-order valence-corrected chi connectivity index (χ1v) is 14.7. The minimum Gasteiger partial charge on any atom is -0.270 e. The highest BCUT2D eigenvalue weighted by Crippen LogP contribution is 2.59. The first kappa shape index (κ1) is 48.1. The highest BCUT2D eigenvalue weighted by Gasteiger charge is 2.89. The molecule has 0 saturated heterocycles. The molecule has 32 heteroatoms. The van der Waals surface area contributed by atoms with Gasteiger partial charge in [-0.15, -0.1) is 0 Å². The van der Waals surface area contributed by atoms with E-state index in [4.69, 9.17) is 0 Å². The molecule has 6 nitrogen and oxygen atoms in total. The van der Waals surface area contributed by atoms with Crippen molar-refractivity contribution < 1.29 is 131 Å². The van der Waals surface area contributed by atoms with Crippen LogP contribution < -0.4 is 0 Å². The second-order valence-corrected chi connectivity index (χ2v) is 12.7. The van der Waals surface area contributed by atoms with Crippen LogP contribution in [0.2, 0.25) is 0 Å². The Morgan fingerprint density at radius 1 is 0.380 bits per heavy atom. The summed E-state index contributed by atoms with van der Waals surface area (Å²) in [7, 11) is -12.8. The van der Waals surface area contributed by atoms with Crippen molar-refractivity contribution in [3.05, 3.63) is 0 Å². The lowest BCUT2D eigenvalue weighted by Crippen LogP contribution is -2.69. The predicted octanol–water partition coefficient (Wildman–Crippen LogP) is 7.34. The normalized spacial score (nSPS) is 16.1. The van der Waals surface area contributed by atoms with E-state index < -0.39 is 130 Å². The van der Waals surface area contributed by atoms with E-state index in [1.54, 1.807) is 0 Å². The van der Waals surface area contributed by atoms with Gasteiger partial charge in [0, 0.05) is 0 Å². The second-order valence-electron chi connectivity index (χ2n) is 9.46. The smallest absolute Gasteiger partial charge is 0.270 e. The van der Waals surface area contributed by atoms with Gasteiger partial charge in [0.25, 0.3) is 20.2 Å². The first-order valence-electron chi connectivity index (χ1n) is 11.6. The fourth-order valence-electron chi connectivity index (χ4n) is 2.83. The molecule has 0 aliphatic heterocycles. The maximum atomic E-state index is 13.7. The SMILES string of the molecule is O=S(=O)(CC(F)(F)C(F)(F)C(F)(F)C(F)(F)C(F)(F)C(F)F)OCCCCOS(=O)(=O)CC(F)(F)C(F)(F)C(F)(F)C(F)(F)C(F)(F)C(F)F. The summed E-state index contributed by atoms with van der Waals surface area (Å²) in [5.41, 5.74) is 0. The van der Waals surface area contributed by atoms with E-state index >= 15 is 0 Å². The van der Waals surface area contributed by atoms with Crippen LogP contribution in [0.15, 0.2) is 0 Å². The number of alkyl halides is 24. The average Bonchev–Trinajstić information content (AvgIpc) is 2.88. The minimum absolute atomic E-state index is 1.22. The molecule has 0 amide bonds. The van der Waals surface area contributed by atoms with Crippen molar-refractivity contribution in [3.8, 4) is 0 Å². The molecule has 0 bridgehead atoms. The summed E-state index contributed by atoms with van der Waals surface area (Å²) in [4.78, 5) is 0. The summed E-state index contributed by atoms with van der Waals surface area (Å²) in [5, 5.41) is 0. The molecule has 0 spiro atoms. The van der Waals surface area contributed by atoms with Gasteiger partial charge in [-0.05, 0) is 12.8 Å². The van der Waals surface area contributed by atoms with Gasteiger partial charge in [-0.1, -0.05) is 0 Å². The van der Waals surface area contributed by atoms with Gasteiger partial charge in [0.15, 0.2) is 0 Å². The van der Waals surface area contributed by atoms with Crippen LogP contribution in [-0.2, 0) is 28.6 Å². The Labute approximate surface area is 261 Å². The van der Waals surface area contributed by atoms with Crippen LogP contribution in [-0.4, -0.2) is 114 Å². The molecule has 0 fully saturated rings. The van der Waals surface area contributed by atoms with Crippen LogP contribution in [0.25, 0.3) is 0 Å². The molecule has 0 aromatic rings. The number of rotatable bonds is 21. The monoisotopic (exact) mass is 846 g/mol. The number of unbranched alkanes of at least 4 members (excludes halogenated alkanes) is 1. The van der Waals surface area contributed by atoms with Crippen molar-refractivity contribution in [2.24, 2.45) is 0 Å². The summed E-state index contributed by atoms with van der Waals surface area (Å²) in [5.74, 6) is -84.4. The molecule has 0 rings (SSSR count). The van der Waals surface area contributed by atoms with Gasteiger partial charge < -0.3 is 0 Å². The summed E-state index contributed by atoms with van der Waals surface area (Å²) in [6, 6.07) is 0. The second kappa shape index (κ2) is 14.2. The zero-order valence-corrected chi connectivity index (χ0v) is 24.4. The summed E-state index contributed by atoms with van der Waals surface area (Å²) in [6.07, 6.45) is -14.2. The maximum Gasteiger partial charge on any atom is 0.384 e. The lowest BCUT2D eigenvalue weighted by Gasteiger charge is -2.38. The Hall–Kier alpha value is -1.86. The van der Waals surface area contributed by atoms with E-state index in [0.717, 1.165) is 0 Å². The predicted molar refractivity (Wildman–Crippen MR) is 110 cm³/mol. The third kappa shape index (κ3) is 8.50. The van der Waals surface area contributed by atoms with E-state index in [9.17, 15) is 122 Å². The van der Waals surface area contributed by atoms with Gasteiger partial charge in [0.2, 0.25) is 0 Å². The molecular formula is C18H14F24O6S2. The number of halogens is 24. The molecule has 50 heavy (non-hydrogen) atoms. The molecule has 0 unspecified atom stereocenters. The number of hydrogen-bond donors (Lipinski definition) is 0. The van der Waals surface area contributed by atoms with Gasteiger partial charge in [0.05, 0.1) is 13.2 Å². The summed E-state index contributed by atoms with van der Waals surface area (Å²) >= 11 is 0. The van der Waals surface area contributed by atoms with E-state index in [1.165, 1.54) is 0 Å². The lowest BCUT2D eigenvalue weighted by molar-refractivity contribution is -0.410. The number of hydrogen-bond acceptors (Lipinski definition) is 6. The van der Waals surface area contributed by atoms with E-state index in [1.807, 2.05) is 0 Å². The molecule has 0 aromatic carbocycles. The fraction of sp³-hybridized carbons (Fsp3) is 1.00. The Morgan fingerprint density at radius 2 is 0.600 bits per heavy atom. The highest BCUT2D eigenvalue weighted by molar-refractivity contribution is 7.87. The first-order chi connectivity index (χ1) is 21.5. The fourth-order valence-corrected chi connectivity index (χ4v) is 4.99. The molecule has 302 valence electrons. The van der Waals surface area contributed by atoms with Crippen molar-refractivity contribution in [2.45, 2.75) is 84.9 Å². The quantitative estimate of drug-likeness (QED) is 0.0684. The van der Waals surface area contributed by atoms with Gasteiger partial charge in [-0.2, -0.15) is 105 Å².